The summed E-state index contributed by atoms with van der Waals surface area (Å²) < 4.78 is 32.0. The van der Waals surface area contributed by atoms with Gasteiger partial charge in [-0.25, -0.2) is 8.78 Å². The van der Waals surface area contributed by atoms with Crippen molar-refractivity contribution in [3.63, 3.8) is 0 Å². The van der Waals surface area contributed by atoms with Gasteiger partial charge in [0.15, 0.2) is 11.6 Å². The van der Waals surface area contributed by atoms with E-state index in [1.807, 2.05) is 0 Å². The summed E-state index contributed by atoms with van der Waals surface area (Å²) in [6.45, 7) is 3.56. The van der Waals surface area contributed by atoms with Gasteiger partial charge in [0.1, 0.15) is 0 Å². The third-order valence-corrected chi connectivity index (χ3v) is 4.98. The second-order valence-corrected chi connectivity index (χ2v) is 6.84. The fourth-order valence-electron chi connectivity index (χ4n) is 3.30. The molecule has 1 N–H and O–H groups in total. The predicted molar refractivity (Wildman–Crippen MR) is 87.3 cm³/mol. The van der Waals surface area contributed by atoms with Crippen LogP contribution in [0.25, 0.3) is 0 Å². The van der Waals surface area contributed by atoms with E-state index >= 15 is 0 Å². The molecule has 2 fully saturated rings. The lowest BCUT2D eigenvalue weighted by atomic mass is 10.0. The maximum absolute atomic E-state index is 13.3. The van der Waals surface area contributed by atoms with E-state index in [1.54, 1.807) is 0 Å². The molecule has 2 saturated heterocycles. The molecule has 4 nitrogen and oxygen atoms in total. The average molecular weight is 359 g/mol. The molecule has 2 heterocycles. The lowest BCUT2D eigenvalue weighted by Crippen LogP contribution is -2.46. The van der Waals surface area contributed by atoms with Gasteiger partial charge in [0.2, 0.25) is 0 Å². The Labute approximate surface area is 145 Å². The number of nitrogens with one attached hydrogen (secondary N) is 1. The van der Waals surface area contributed by atoms with Crippen LogP contribution in [0.15, 0.2) is 12.1 Å². The Morgan fingerprint density at radius 3 is 2.62 bits per heavy atom. The minimum Gasteiger partial charge on any atom is -0.377 e. The van der Waals surface area contributed by atoms with Gasteiger partial charge >= 0.3 is 0 Å². The van der Waals surface area contributed by atoms with Gasteiger partial charge in [0.25, 0.3) is 5.91 Å². The minimum absolute atomic E-state index is 0.0161. The number of amides is 1. The first-order chi connectivity index (χ1) is 11.5. The molecule has 1 aromatic rings. The van der Waals surface area contributed by atoms with Crippen molar-refractivity contribution >= 4 is 17.5 Å². The summed E-state index contributed by atoms with van der Waals surface area (Å²) in [6.07, 6.45) is 4.22. The molecule has 0 radical (unpaired) electrons. The Bertz CT molecular complexity index is 600. The van der Waals surface area contributed by atoms with Crippen LogP contribution < -0.4 is 5.32 Å². The monoisotopic (exact) mass is 358 g/mol. The molecule has 0 spiro atoms. The maximum atomic E-state index is 13.3. The first-order valence-electron chi connectivity index (χ1n) is 8.32. The van der Waals surface area contributed by atoms with Crippen molar-refractivity contribution in [1.82, 2.24) is 10.2 Å². The molecule has 1 atom stereocenters. The zero-order valence-electron chi connectivity index (χ0n) is 13.4. The van der Waals surface area contributed by atoms with E-state index in [0.29, 0.717) is 6.10 Å². The third kappa shape index (κ3) is 4.23. The quantitative estimate of drug-likeness (QED) is 0.841. The molecule has 0 aromatic heterocycles. The van der Waals surface area contributed by atoms with Crippen molar-refractivity contribution in [3.05, 3.63) is 34.4 Å². The van der Waals surface area contributed by atoms with Gasteiger partial charge in [0, 0.05) is 32.3 Å². The topological polar surface area (TPSA) is 41.6 Å². The van der Waals surface area contributed by atoms with Crippen molar-refractivity contribution in [2.45, 2.75) is 37.8 Å². The normalized spacial score (nSPS) is 22.7. The SMILES string of the molecule is O=C(NC1CCN(C[C@H]2CCCO2)CC1)c1cc(F)c(F)cc1Cl. The maximum Gasteiger partial charge on any atom is 0.253 e. The number of carbonyl (C=O) groups excluding carboxylic acids is 1. The van der Waals surface area contributed by atoms with Crippen LogP contribution in [-0.4, -0.2) is 49.2 Å². The van der Waals surface area contributed by atoms with E-state index in [4.69, 9.17) is 16.3 Å². The van der Waals surface area contributed by atoms with Crippen molar-refractivity contribution in [1.29, 1.82) is 0 Å². The number of ether oxygens (including phenoxy) is 1. The van der Waals surface area contributed by atoms with Crippen LogP contribution in [0.1, 0.15) is 36.0 Å². The number of benzene rings is 1. The predicted octanol–water partition coefficient (Wildman–Crippen LogP) is 2.99. The van der Waals surface area contributed by atoms with Crippen molar-refractivity contribution in [2.24, 2.45) is 0 Å². The molecule has 1 amide bonds. The van der Waals surface area contributed by atoms with E-state index in [9.17, 15) is 13.6 Å². The zero-order chi connectivity index (χ0) is 17.1. The molecule has 0 unspecified atom stereocenters. The van der Waals surface area contributed by atoms with E-state index < -0.39 is 17.5 Å². The summed E-state index contributed by atoms with van der Waals surface area (Å²) in [5.74, 6) is -2.59. The summed E-state index contributed by atoms with van der Waals surface area (Å²) in [5, 5.41) is 2.79. The number of rotatable bonds is 4. The van der Waals surface area contributed by atoms with Crippen LogP contribution in [0, 0.1) is 11.6 Å². The second-order valence-electron chi connectivity index (χ2n) is 6.43. The Hall–Kier alpha value is -1.24. The molecule has 7 heteroatoms. The van der Waals surface area contributed by atoms with E-state index in [1.165, 1.54) is 0 Å². The van der Waals surface area contributed by atoms with Gasteiger partial charge in [0.05, 0.1) is 16.7 Å². The molecular weight excluding hydrogens is 338 g/mol. The number of halogens is 3. The highest BCUT2D eigenvalue weighted by Crippen LogP contribution is 2.21. The highest BCUT2D eigenvalue weighted by Gasteiger charge is 2.25. The Balaban J connectivity index is 1.50. The second kappa shape index (κ2) is 7.76. The van der Waals surface area contributed by atoms with Crippen LogP contribution in [0.3, 0.4) is 0 Å². The smallest absolute Gasteiger partial charge is 0.253 e. The van der Waals surface area contributed by atoms with Crippen LogP contribution >= 0.6 is 11.6 Å². The molecule has 2 aliphatic rings. The molecule has 1 aromatic carbocycles. The first-order valence-corrected chi connectivity index (χ1v) is 8.70. The van der Waals surface area contributed by atoms with E-state index in [0.717, 1.165) is 64.1 Å². The lowest BCUT2D eigenvalue weighted by molar-refractivity contribution is 0.0613. The summed E-state index contributed by atoms with van der Waals surface area (Å²) in [7, 11) is 0. The van der Waals surface area contributed by atoms with Crippen LogP contribution in [0.5, 0.6) is 0 Å². The Morgan fingerprint density at radius 2 is 1.96 bits per heavy atom. The summed E-state index contributed by atoms with van der Waals surface area (Å²) >= 11 is 5.84. The van der Waals surface area contributed by atoms with Crippen molar-refractivity contribution < 1.29 is 18.3 Å². The summed E-state index contributed by atoms with van der Waals surface area (Å²) in [4.78, 5) is 14.6. The van der Waals surface area contributed by atoms with E-state index in [-0.39, 0.29) is 16.6 Å². The van der Waals surface area contributed by atoms with Crippen molar-refractivity contribution in [3.8, 4) is 0 Å². The summed E-state index contributed by atoms with van der Waals surface area (Å²) in [6, 6.07) is 1.69. The molecule has 24 heavy (non-hydrogen) atoms. The summed E-state index contributed by atoms with van der Waals surface area (Å²) in [5.41, 5.74) is -0.0302. The molecule has 0 aliphatic carbocycles. The van der Waals surface area contributed by atoms with Gasteiger partial charge in [-0.2, -0.15) is 0 Å². The highest BCUT2D eigenvalue weighted by atomic mass is 35.5. The fourth-order valence-corrected chi connectivity index (χ4v) is 3.53. The first kappa shape index (κ1) is 17.6. The lowest BCUT2D eigenvalue weighted by Gasteiger charge is -2.33. The van der Waals surface area contributed by atoms with Crippen LogP contribution in [-0.2, 0) is 4.74 Å². The standard InChI is InChI=1S/C17H21ClF2N2O2/c18-14-9-16(20)15(19)8-13(14)17(23)21-11-3-5-22(6-4-11)10-12-2-1-7-24-12/h8-9,11-12H,1-7,10H2,(H,21,23)/t12-/m1/s1. The van der Waals surface area contributed by atoms with Crippen molar-refractivity contribution in [2.75, 3.05) is 26.2 Å². The molecule has 2 aliphatic heterocycles. The third-order valence-electron chi connectivity index (χ3n) is 4.66. The minimum atomic E-state index is -1.07. The fraction of sp³-hybridized carbons (Fsp3) is 0.588. The van der Waals surface area contributed by atoms with Gasteiger partial charge in [-0.15, -0.1) is 0 Å². The number of likely N-dealkylation sites (tertiary alicyclic amines) is 1. The zero-order valence-corrected chi connectivity index (χ0v) is 14.1. The molecule has 0 bridgehead atoms. The molecule has 132 valence electrons. The highest BCUT2D eigenvalue weighted by molar-refractivity contribution is 6.33. The van der Waals surface area contributed by atoms with Gasteiger partial charge in [-0.3, -0.25) is 4.79 Å². The number of hydrogen-bond acceptors (Lipinski definition) is 3. The van der Waals surface area contributed by atoms with Gasteiger partial charge in [-0.1, -0.05) is 11.6 Å². The van der Waals surface area contributed by atoms with Crippen LogP contribution in [0.2, 0.25) is 5.02 Å². The van der Waals surface area contributed by atoms with Crippen LogP contribution in [0.4, 0.5) is 8.78 Å². The number of hydrogen-bond donors (Lipinski definition) is 1. The molecule has 3 rings (SSSR count). The largest absolute Gasteiger partial charge is 0.377 e. The Kier molecular flexibility index (Phi) is 5.69. The number of carbonyl (C=O) groups is 1. The number of piperidine rings is 1. The average Bonchev–Trinajstić information content (AvgIpc) is 3.05. The molecule has 0 saturated carbocycles. The van der Waals surface area contributed by atoms with Gasteiger partial charge < -0.3 is 15.0 Å². The van der Waals surface area contributed by atoms with E-state index in [2.05, 4.69) is 10.2 Å². The Morgan fingerprint density at radius 1 is 1.25 bits per heavy atom. The number of nitrogens with zero attached hydrogens (tertiary/aromatic N) is 1. The van der Waals surface area contributed by atoms with Gasteiger partial charge in [-0.05, 0) is 37.8 Å². The molecular formula is C17H21ClF2N2O2.